The van der Waals surface area contributed by atoms with Crippen LogP contribution in [0.1, 0.15) is 260 Å². The van der Waals surface area contributed by atoms with Crippen molar-refractivity contribution in [3.8, 4) is 11.3 Å². The van der Waals surface area contributed by atoms with E-state index in [1.54, 1.807) is 85.8 Å². The summed E-state index contributed by atoms with van der Waals surface area (Å²) in [5.74, 6) is -6.43. The van der Waals surface area contributed by atoms with Gasteiger partial charge in [0, 0.05) is 76.8 Å². The van der Waals surface area contributed by atoms with Crippen molar-refractivity contribution in [3.05, 3.63) is 221 Å². The van der Waals surface area contributed by atoms with Crippen molar-refractivity contribution in [1.29, 1.82) is 0 Å². The second-order valence-corrected chi connectivity index (χ2v) is 49.5. The average Bonchev–Trinajstić information content (AvgIpc) is 1.59. The summed E-state index contributed by atoms with van der Waals surface area (Å²) in [5.41, 5.74) is 4.67. The van der Waals surface area contributed by atoms with Crippen molar-refractivity contribution < 1.29 is 103 Å². The SMILES string of the molecule is CC(C)(C)OC(=O)NCc1c(F)cc(-c2cn3c(n2)sc2cc(C(=O)NCCCN4CCCCC4)ccc23)cc1Cl.CC(C)(C)OC(=O)NCc1c(F)cc(B2OC(C)(C)C(C)(C)O2)cc1Cl.CC(C)(C)OC(=O)c1c(F)cc(Br)cc1Cl.CC1(C)OB(B2OC(C)(C)C(C)(C)O2)OC1(C)C.NC(=O)c1c(F)cc(Br)cc1Cl.O=C(NCCCN1CCCCC1)c1ccc2c(c1)sc1nc(Br)cn12.O=C(O)c1c(F)cc(Br)cc1Cl. The Labute approximate surface area is 938 Å². The lowest BCUT2D eigenvalue weighted by Gasteiger charge is -2.32. The number of fused-ring (bicyclic) bond motifs is 6. The molecule has 16 rings (SSSR count). The van der Waals surface area contributed by atoms with Gasteiger partial charge in [0.25, 0.3) is 17.7 Å². The third kappa shape index (κ3) is 34.1. The fourth-order valence-corrected chi connectivity index (χ4v) is 21.0. The van der Waals surface area contributed by atoms with Crippen LogP contribution in [-0.4, -0.2) is 199 Å². The summed E-state index contributed by atoms with van der Waals surface area (Å²) in [5, 5.41) is 19.9. The molecule has 0 saturated carbocycles. The molecule has 7 aromatic carbocycles. The number of carbonyl (C=O) groups is 7. The molecule has 5 saturated heterocycles. The number of rotatable bonds is 20. The Morgan fingerprint density at radius 1 is 0.447 bits per heavy atom. The highest BCUT2D eigenvalue weighted by molar-refractivity contribution is 9.11. The van der Waals surface area contributed by atoms with E-state index in [9.17, 15) is 55.5 Å². The van der Waals surface area contributed by atoms with Gasteiger partial charge in [-0.2, -0.15) is 0 Å². The molecule has 0 radical (unpaired) electrons. The minimum Gasteiger partial charge on any atom is -0.478 e. The fourth-order valence-electron chi connectivity index (χ4n) is 15.3. The van der Waals surface area contributed by atoms with Crippen LogP contribution in [0.15, 0.2) is 127 Å². The number of benzene rings is 7. The Morgan fingerprint density at radius 2 is 0.813 bits per heavy atom. The minimum atomic E-state index is -1.37. The van der Waals surface area contributed by atoms with E-state index in [-0.39, 0.29) is 94.7 Å². The van der Waals surface area contributed by atoms with Gasteiger partial charge in [0.1, 0.15) is 61.6 Å². The normalized spacial score (nSPS) is 16.5. The van der Waals surface area contributed by atoms with Crippen LogP contribution in [0.5, 0.6) is 0 Å². The number of hydrogen-bond donors (Lipinski definition) is 6. The van der Waals surface area contributed by atoms with Crippen LogP contribution in [0.25, 0.3) is 41.6 Å². The first-order valence-corrected chi connectivity index (χ1v) is 55.0. The third-order valence-electron chi connectivity index (χ3n) is 25.0. The molecule has 0 spiro atoms. The summed E-state index contributed by atoms with van der Waals surface area (Å²) in [6.45, 7) is 47.5. The quantitative estimate of drug-likeness (QED) is 0.0136. The standard InChI is InChI=1S/C30H35ClFN5O3S.C18H26BClFNO4.C18H21BrN4OS.C12H24B2O4.C11H11BrClFO2.C7H4BrClFNO.C7H3BrClFO2/c1-30(2,3)40-29(39)34-17-21-22(31)14-20(15-23(21)32)24-18-37-25-9-8-19(16-26(25)41-28(37)35-24)27(38)33-10-7-13-36-11-5-4-6-12-36;1-16(2,3)24-15(23)22-10-12-13(20)8-11(9-14(12)21)19-25-17(4,5)18(6,7)26-19;19-16-12-23-14-6-5-13(11-15(14)25-18(23)21-16)17(24)20-7-4-10-22-8-2-1-3-9-22;1-9(2)10(3,4)16-13(15-9)14-17-11(5,6)12(7,8)18-14;1-11(2,3)16-10(15)9-7(13)4-6(12)5-8(9)14;2*8-3-1-4(9)6(7(11)12)5(10)2-3/h8-9,14-16,18H,4-7,10-13,17H2,1-3H3,(H,33,38)(H,34,39);8-9H,10H2,1-7H3,(H,22,23);5-6,11-12H,1-4,7-10H2,(H,20,24);1-8H3;4-5H,1-3H3;1-2H,(H2,11,12);1-2H,(H,11,12). The number of amides is 5. The van der Waals surface area contributed by atoms with E-state index < -0.39 is 114 Å². The largest absolute Gasteiger partial charge is 0.494 e. The van der Waals surface area contributed by atoms with E-state index in [2.05, 4.69) is 105 Å². The number of nitrogens with two attached hydrogens (primary N) is 1. The topological polar surface area (TPSA) is 338 Å². The molecule has 9 heterocycles. The van der Waals surface area contributed by atoms with Gasteiger partial charge >= 0.3 is 45.3 Å². The van der Waals surface area contributed by atoms with Crippen molar-refractivity contribution in [2.45, 2.75) is 260 Å². The van der Waals surface area contributed by atoms with Gasteiger partial charge in [-0.25, -0.2) is 51.1 Å². The van der Waals surface area contributed by atoms with Crippen LogP contribution < -0.4 is 32.5 Å². The monoisotopic (exact) mass is 2470 g/mol. The van der Waals surface area contributed by atoms with Gasteiger partial charge in [-0.05, 0) is 342 Å². The lowest BCUT2D eigenvalue weighted by atomic mass is 9.49. The number of carboxylic acid groups (broad SMARTS) is 1. The molecular weight excluding hydrogens is 2350 g/mol. The highest BCUT2D eigenvalue weighted by Crippen LogP contribution is 2.45. The van der Waals surface area contributed by atoms with E-state index in [1.165, 1.54) is 99.3 Å². The third-order valence-corrected chi connectivity index (χ3v) is 30.4. The first kappa shape index (κ1) is 124. The lowest BCUT2D eigenvalue weighted by Crippen LogP contribution is -2.41. The molecular formula is C103H124B3Br4Cl5F5N11O17S2. The molecule has 47 heteroatoms. The number of halogens is 14. The number of imidazole rings is 2. The van der Waals surface area contributed by atoms with Crippen LogP contribution in [0.3, 0.4) is 0 Å². The number of nitrogens with one attached hydrogen (secondary N) is 4. The molecule has 5 amide bonds. The number of esters is 1. The number of alkyl carbamates (subject to hydrolysis) is 2. The minimum absolute atomic E-state index is 0.00719. The number of carboxylic acids is 1. The summed E-state index contributed by atoms with van der Waals surface area (Å²) in [4.78, 5) is 97.3. The number of thiazole rings is 2. The molecule has 150 heavy (non-hydrogen) atoms. The van der Waals surface area contributed by atoms with Gasteiger partial charge < -0.3 is 84.0 Å². The maximum absolute atomic E-state index is 15.0. The number of likely N-dealkylation sites (tertiary alicyclic amines) is 2. The van der Waals surface area contributed by atoms with Crippen molar-refractivity contribution in [2.24, 2.45) is 5.73 Å². The maximum Gasteiger partial charge on any atom is 0.494 e. The van der Waals surface area contributed by atoms with Crippen LogP contribution in [0, 0.1) is 29.1 Å². The van der Waals surface area contributed by atoms with Crippen LogP contribution in [0.4, 0.5) is 31.5 Å². The Bertz CT molecular complexity index is 6480. The maximum atomic E-state index is 15.0. The smallest absolute Gasteiger partial charge is 0.478 e. The molecule has 0 bridgehead atoms. The van der Waals surface area contributed by atoms with Crippen molar-refractivity contribution >= 4 is 243 Å². The van der Waals surface area contributed by atoms with Crippen molar-refractivity contribution in [1.82, 2.24) is 49.8 Å². The lowest BCUT2D eigenvalue weighted by molar-refractivity contribution is 0.00578. The highest BCUT2D eigenvalue weighted by Gasteiger charge is 2.64. The summed E-state index contributed by atoms with van der Waals surface area (Å²) < 4.78 is 128. The van der Waals surface area contributed by atoms with Crippen LogP contribution in [-0.2, 0) is 55.2 Å². The first-order chi connectivity index (χ1) is 69.6. The number of piperidine rings is 2. The number of hydrogen-bond acceptors (Lipinski definition) is 22. The Morgan fingerprint density at radius 3 is 1.19 bits per heavy atom. The molecule has 4 aromatic heterocycles. The van der Waals surface area contributed by atoms with E-state index in [4.69, 9.17) is 111 Å². The van der Waals surface area contributed by atoms with E-state index >= 15 is 0 Å². The highest BCUT2D eigenvalue weighted by atomic mass is 79.9. The molecule has 5 aliphatic heterocycles. The molecule has 5 aliphatic rings. The van der Waals surface area contributed by atoms with Gasteiger partial charge in [0.2, 0.25) is 0 Å². The molecule has 28 nitrogen and oxygen atoms in total. The van der Waals surface area contributed by atoms with E-state index in [0.717, 1.165) is 92.7 Å². The fraction of sp³-hybridized carbons (Fsp3) is 0.466. The van der Waals surface area contributed by atoms with Crippen molar-refractivity contribution in [2.75, 3.05) is 52.4 Å². The number of ether oxygens (including phenoxy) is 3. The van der Waals surface area contributed by atoms with Gasteiger partial charge in [0.05, 0.1) is 93.5 Å². The van der Waals surface area contributed by atoms with Gasteiger partial charge in [0.15, 0.2) is 9.92 Å². The van der Waals surface area contributed by atoms with E-state index in [1.807, 2.05) is 141 Å². The Kier molecular flexibility index (Phi) is 42.9. The average molecular weight is 2480 g/mol. The zero-order chi connectivity index (χ0) is 111. The number of aromatic carboxylic acids is 1. The number of primary amides is 1. The summed E-state index contributed by atoms with van der Waals surface area (Å²) in [6.07, 6.45) is 12.3. The molecule has 812 valence electrons. The van der Waals surface area contributed by atoms with Gasteiger partial charge in [-0.15, -0.1) is 0 Å². The van der Waals surface area contributed by atoms with Gasteiger partial charge in [-0.3, -0.25) is 23.2 Å². The molecule has 7 N–H and O–H groups in total. The number of nitrogens with zero attached hydrogens (tertiary/aromatic N) is 6. The van der Waals surface area contributed by atoms with Gasteiger partial charge in [-0.1, -0.05) is 141 Å². The zero-order valence-electron chi connectivity index (χ0n) is 87.2. The zero-order valence-corrected chi connectivity index (χ0v) is 99.0. The Balaban J connectivity index is 0.000000187. The predicted octanol–water partition coefficient (Wildman–Crippen LogP) is 26.1. The summed E-state index contributed by atoms with van der Waals surface area (Å²) >= 11 is 45.0. The molecule has 11 aromatic rings. The molecule has 0 aliphatic carbocycles. The second-order valence-electron chi connectivity index (χ2n) is 41.9. The molecule has 0 unspecified atom stereocenters. The van der Waals surface area contributed by atoms with Crippen LogP contribution in [0.2, 0.25) is 25.1 Å². The molecule has 5 fully saturated rings. The van der Waals surface area contributed by atoms with Crippen LogP contribution >= 0.6 is 144 Å². The summed E-state index contributed by atoms with van der Waals surface area (Å²) in [6, 6.07) is 24.9. The Hall–Kier alpha value is -7.82. The number of aromatic nitrogens is 4. The predicted molar refractivity (Wildman–Crippen MR) is 597 cm³/mol. The second kappa shape index (κ2) is 51.9. The molecule has 0 atom stereocenters. The number of carbonyl (C=O) groups excluding carboxylic acids is 6. The van der Waals surface area contributed by atoms with Crippen molar-refractivity contribution in [3.63, 3.8) is 0 Å². The first-order valence-electron chi connectivity index (χ1n) is 48.3. The summed E-state index contributed by atoms with van der Waals surface area (Å²) in [7, 11) is -1.66. The van der Waals surface area contributed by atoms with E-state index in [0.29, 0.717) is 47.8 Å².